The van der Waals surface area contributed by atoms with E-state index in [0.29, 0.717) is 11.4 Å². The fraction of sp³-hybridized carbons (Fsp3) is 0.562. The smallest absolute Gasteiger partial charge is 0.164 e. The van der Waals surface area contributed by atoms with Crippen LogP contribution in [0.15, 0.2) is 24.3 Å². The summed E-state index contributed by atoms with van der Waals surface area (Å²) in [5, 5.41) is 0.678. The summed E-state index contributed by atoms with van der Waals surface area (Å²) >= 11 is 5.83. The van der Waals surface area contributed by atoms with Crippen LogP contribution in [-0.2, 0) is 0 Å². The highest BCUT2D eigenvalue weighted by atomic mass is 35.5. The Morgan fingerprint density at radius 2 is 2.00 bits per heavy atom. The first-order valence-electron chi connectivity index (χ1n) is 7.20. The zero-order valence-electron chi connectivity index (χ0n) is 11.6. The second kappa shape index (κ2) is 7.06. The number of rotatable bonds is 7. The van der Waals surface area contributed by atoms with Crippen molar-refractivity contribution in [3.05, 3.63) is 34.9 Å². The second-order valence-electron chi connectivity index (χ2n) is 5.37. The lowest BCUT2D eigenvalue weighted by atomic mass is 9.85. The van der Waals surface area contributed by atoms with E-state index in [9.17, 15) is 4.79 Å². The lowest BCUT2D eigenvalue weighted by molar-refractivity contribution is 0.0954. The number of ketones is 1. The van der Waals surface area contributed by atoms with Gasteiger partial charge in [-0.05, 0) is 49.6 Å². The van der Waals surface area contributed by atoms with E-state index >= 15 is 0 Å². The van der Waals surface area contributed by atoms with E-state index in [1.54, 1.807) is 12.1 Å². The quantitative estimate of drug-likeness (QED) is 0.702. The van der Waals surface area contributed by atoms with Gasteiger partial charge in [-0.1, -0.05) is 24.9 Å². The maximum absolute atomic E-state index is 12.1. The number of benzene rings is 1. The molecule has 104 valence electrons. The zero-order chi connectivity index (χ0) is 13.7. The normalized spacial score (nSPS) is 15.5. The molecule has 0 N–H and O–H groups in total. The summed E-state index contributed by atoms with van der Waals surface area (Å²) in [5.41, 5.74) is 0.768. The van der Waals surface area contributed by atoms with Gasteiger partial charge < -0.3 is 4.90 Å². The van der Waals surface area contributed by atoms with Crippen LogP contribution >= 0.6 is 11.6 Å². The average Bonchev–Trinajstić information content (AvgIpc) is 2.37. The van der Waals surface area contributed by atoms with E-state index in [1.807, 2.05) is 12.1 Å². The Balaban J connectivity index is 1.79. The van der Waals surface area contributed by atoms with Crippen molar-refractivity contribution in [2.45, 2.75) is 32.6 Å². The molecule has 0 aromatic heterocycles. The SMILES string of the molecule is CCN(CCC(=O)c1ccc(Cl)cc1)CC1CCC1. The monoisotopic (exact) mass is 279 g/mol. The molecule has 1 aromatic rings. The largest absolute Gasteiger partial charge is 0.303 e. The van der Waals surface area contributed by atoms with Gasteiger partial charge in [0.15, 0.2) is 5.78 Å². The standard InChI is InChI=1S/C16H22ClNO/c1-2-18(12-13-4-3-5-13)11-10-16(19)14-6-8-15(17)9-7-14/h6-9,13H,2-5,10-12H2,1H3. The first-order valence-corrected chi connectivity index (χ1v) is 7.58. The summed E-state index contributed by atoms with van der Waals surface area (Å²) < 4.78 is 0. The Morgan fingerprint density at radius 1 is 1.32 bits per heavy atom. The number of hydrogen-bond acceptors (Lipinski definition) is 2. The highest BCUT2D eigenvalue weighted by molar-refractivity contribution is 6.30. The topological polar surface area (TPSA) is 20.3 Å². The first kappa shape index (κ1) is 14.5. The molecule has 0 atom stereocenters. The van der Waals surface area contributed by atoms with Crippen LogP contribution in [0.3, 0.4) is 0 Å². The van der Waals surface area contributed by atoms with Gasteiger partial charge in [0.1, 0.15) is 0 Å². The van der Waals surface area contributed by atoms with Gasteiger partial charge in [0.2, 0.25) is 0 Å². The number of carbonyl (C=O) groups excluding carboxylic acids is 1. The van der Waals surface area contributed by atoms with Crippen LogP contribution in [0, 0.1) is 5.92 Å². The molecule has 0 amide bonds. The van der Waals surface area contributed by atoms with Crippen LogP contribution in [-0.4, -0.2) is 30.3 Å². The van der Waals surface area contributed by atoms with Gasteiger partial charge >= 0.3 is 0 Å². The number of Topliss-reactive ketones (excluding diaryl/α,β-unsaturated/α-hetero) is 1. The van der Waals surface area contributed by atoms with Crippen LogP contribution < -0.4 is 0 Å². The van der Waals surface area contributed by atoms with Gasteiger partial charge in [0.25, 0.3) is 0 Å². The maximum Gasteiger partial charge on any atom is 0.164 e. The summed E-state index contributed by atoms with van der Waals surface area (Å²) in [6, 6.07) is 7.18. The van der Waals surface area contributed by atoms with Crippen molar-refractivity contribution in [2.24, 2.45) is 5.92 Å². The third kappa shape index (κ3) is 4.32. The summed E-state index contributed by atoms with van der Waals surface area (Å²) in [5.74, 6) is 1.08. The molecule has 1 aliphatic rings. The lowest BCUT2D eigenvalue weighted by Gasteiger charge is -2.31. The summed E-state index contributed by atoms with van der Waals surface area (Å²) in [4.78, 5) is 14.5. The van der Waals surface area contributed by atoms with E-state index in [-0.39, 0.29) is 5.78 Å². The molecule has 0 heterocycles. The van der Waals surface area contributed by atoms with Crippen LogP contribution in [0.25, 0.3) is 0 Å². The molecule has 1 saturated carbocycles. The van der Waals surface area contributed by atoms with Crippen molar-refractivity contribution in [1.29, 1.82) is 0 Å². The van der Waals surface area contributed by atoms with E-state index in [4.69, 9.17) is 11.6 Å². The Hall–Kier alpha value is -0.860. The molecule has 19 heavy (non-hydrogen) atoms. The molecule has 0 aliphatic heterocycles. The van der Waals surface area contributed by atoms with Crippen molar-refractivity contribution >= 4 is 17.4 Å². The molecule has 0 bridgehead atoms. The molecule has 1 fully saturated rings. The molecule has 0 radical (unpaired) electrons. The average molecular weight is 280 g/mol. The molecule has 2 rings (SSSR count). The third-order valence-corrected chi connectivity index (χ3v) is 4.26. The second-order valence-corrected chi connectivity index (χ2v) is 5.81. The molecule has 3 heteroatoms. The fourth-order valence-electron chi connectivity index (χ4n) is 2.46. The van der Waals surface area contributed by atoms with Crippen LogP contribution in [0.4, 0.5) is 0 Å². The minimum atomic E-state index is 0.212. The van der Waals surface area contributed by atoms with Gasteiger partial charge in [-0.15, -0.1) is 0 Å². The maximum atomic E-state index is 12.1. The van der Waals surface area contributed by atoms with Crippen molar-refractivity contribution in [1.82, 2.24) is 4.90 Å². The third-order valence-electron chi connectivity index (χ3n) is 4.01. The van der Waals surface area contributed by atoms with Crippen molar-refractivity contribution in [2.75, 3.05) is 19.6 Å². The molecular weight excluding hydrogens is 258 g/mol. The van der Waals surface area contributed by atoms with Crippen molar-refractivity contribution in [3.8, 4) is 0 Å². The highest BCUT2D eigenvalue weighted by Crippen LogP contribution is 2.27. The number of hydrogen-bond donors (Lipinski definition) is 0. The Kier molecular flexibility index (Phi) is 5.41. The number of nitrogens with zero attached hydrogens (tertiary/aromatic N) is 1. The fourth-order valence-corrected chi connectivity index (χ4v) is 2.58. The molecule has 2 nitrogen and oxygen atoms in total. The van der Waals surface area contributed by atoms with Gasteiger partial charge in [-0.25, -0.2) is 0 Å². The van der Waals surface area contributed by atoms with Crippen LogP contribution in [0.2, 0.25) is 5.02 Å². The Bertz CT molecular complexity index is 411. The molecule has 0 saturated heterocycles. The first-order chi connectivity index (χ1) is 9.19. The van der Waals surface area contributed by atoms with Crippen molar-refractivity contribution < 1.29 is 4.79 Å². The molecule has 0 unspecified atom stereocenters. The van der Waals surface area contributed by atoms with Gasteiger partial charge in [0, 0.05) is 30.1 Å². The molecule has 0 spiro atoms. The Morgan fingerprint density at radius 3 is 2.53 bits per heavy atom. The molecular formula is C16H22ClNO. The number of halogens is 1. The predicted octanol–water partition coefficient (Wildman–Crippen LogP) is 4.03. The number of carbonyl (C=O) groups is 1. The molecule has 1 aromatic carbocycles. The van der Waals surface area contributed by atoms with Crippen LogP contribution in [0.5, 0.6) is 0 Å². The van der Waals surface area contributed by atoms with Gasteiger partial charge in [-0.3, -0.25) is 4.79 Å². The van der Waals surface area contributed by atoms with E-state index < -0.39 is 0 Å². The van der Waals surface area contributed by atoms with E-state index in [0.717, 1.165) is 31.1 Å². The highest BCUT2D eigenvalue weighted by Gasteiger charge is 2.20. The van der Waals surface area contributed by atoms with Crippen molar-refractivity contribution in [3.63, 3.8) is 0 Å². The summed E-state index contributed by atoms with van der Waals surface area (Å²) in [6.45, 7) is 5.23. The van der Waals surface area contributed by atoms with E-state index in [1.165, 1.54) is 19.3 Å². The molecule has 1 aliphatic carbocycles. The van der Waals surface area contributed by atoms with Gasteiger partial charge in [-0.2, -0.15) is 0 Å². The summed E-state index contributed by atoms with van der Waals surface area (Å²) in [6.07, 6.45) is 4.71. The predicted molar refractivity (Wildman–Crippen MR) is 79.9 cm³/mol. The minimum Gasteiger partial charge on any atom is -0.303 e. The van der Waals surface area contributed by atoms with Gasteiger partial charge in [0.05, 0.1) is 0 Å². The minimum absolute atomic E-state index is 0.212. The summed E-state index contributed by atoms with van der Waals surface area (Å²) in [7, 11) is 0. The lowest BCUT2D eigenvalue weighted by Crippen LogP contribution is -2.34. The van der Waals surface area contributed by atoms with Crippen LogP contribution in [0.1, 0.15) is 43.0 Å². The zero-order valence-corrected chi connectivity index (χ0v) is 12.3. The van der Waals surface area contributed by atoms with E-state index in [2.05, 4.69) is 11.8 Å². The Labute approximate surface area is 120 Å².